The molecule has 25 heavy (non-hydrogen) atoms. The molecule has 0 bridgehead atoms. The molecule has 9 heteroatoms. The number of allylic oxidation sites excluding steroid dienone is 1. The fraction of sp³-hybridized carbons (Fsp3) is 0.250. The molecule has 2 heterocycles. The van der Waals surface area contributed by atoms with Gasteiger partial charge in [0.15, 0.2) is 0 Å². The first-order chi connectivity index (χ1) is 11.9. The summed E-state index contributed by atoms with van der Waals surface area (Å²) in [6, 6.07) is 4.12. The van der Waals surface area contributed by atoms with Crippen molar-refractivity contribution in [1.29, 1.82) is 0 Å². The van der Waals surface area contributed by atoms with Gasteiger partial charge in [-0.25, -0.2) is 14.4 Å². The molecule has 0 saturated carbocycles. The monoisotopic (exact) mass is 347 g/mol. The van der Waals surface area contributed by atoms with Gasteiger partial charge < -0.3 is 15.8 Å². The van der Waals surface area contributed by atoms with E-state index in [1.807, 2.05) is 0 Å². The van der Waals surface area contributed by atoms with Gasteiger partial charge in [0, 0.05) is 18.2 Å². The van der Waals surface area contributed by atoms with Crippen molar-refractivity contribution in [2.75, 3.05) is 24.7 Å². The van der Waals surface area contributed by atoms with E-state index in [1.165, 1.54) is 25.3 Å². The summed E-state index contributed by atoms with van der Waals surface area (Å²) in [6.45, 7) is 4.48. The standard InChI is InChI=1S/C16H18FN5O3/c1-10(12-8-11(17)9-20-16(12)25-2)4-3-7-19-14-6-5-13(22(23)24)15(18)21-14/h5-6,8-9H,1,3-4,7H2,2H3,(H3,18,19,21). The first kappa shape index (κ1) is 18.1. The van der Waals surface area contributed by atoms with E-state index in [0.29, 0.717) is 42.2 Å². The van der Waals surface area contributed by atoms with Crippen molar-refractivity contribution in [3.8, 4) is 5.88 Å². The Bertz CT molecular complexity index is 797. The lowest BCUT2D eigenvalue weighted by Crippen LogP contribution is -2.06. The number of hydrogen-bond donors (Lipinski definition) is 2. The largest absolute Gasteiger partial charge is 0.481 e. The molecule has 0 aliphatic rings. The Kier molecular flexibility index (Phi) is 5.83. The number of nitrogens with one attached hydrogen (secondary N) is 1. The molecule has 0 fully saturated rings. The molecule has 8 nitrogen and oxygen atoms in total. The molecule has 0 atom stereocenters. The van der Waals surface area contributed by atoms with E-state index in [0.717, 1.165) is 6.20 Å². The van der Waals surface area contributed by atoms with Gasteiger partial charge in [-0.15, -0.1) is 0 Å². The van der Waals surface area contributed by atoms with Crippen LogP contribution in [-0.2, 0) is 0 Å². The number of rotatable bonds is 8. The van der Waals surface area contributed by atoms with Crippen molar-refractivity contribution >= 4 is 22.9 Å². The van der Waals surface area contributed by atoms with Crippen LogP contribution < -0.4 is 15.8 Å². The molecular formula is C16H18FN5O3. The third-order valence-electron chi connectivity index (χ3n) is 3.45. The first-order valence-corrected chi connectivity index (χ1v) is 7.45. The van der Waals surface area contributed by atoms with E-state index in [9.17, 15) is 14.5 Å². The van der Waals surface area contributed by atoms with Gasteiger partial charge in [-0.1, -0.05) is 6.58 Å². The highest BCUT2D eigenvalue weighted by molar-refractivity contribution is 5.67. The van der Waals surface area contributed by atoms with E-state index in [-0.39, 0.29) is 11.5 Å². The van der Waals surface area contributed by atoms with Crippen molar-refractivity contribution in [2.24, 2.45) is 0 Å². The van der Waals surface area contributed by atoms with E-state index in [4.69, 9.17) is 10.5 Å². The molecule has 3 N–H and O–H groups in total. The van der Waals surface area contributed by atoms with Gasteiger partial charge in [-0.05, 0) is 30.5 Å². The highest BCUT2D eigenvalue weighted by atomic mass is 19.1. The number of hydrogen-bond acceptors (Lipinski definition) is 7. The van der Waals surface area contributed by atoms with Crippen LogP contribution in [0.15, 0.2) is 31.0 Å². The van der Waals surface area contributed by atoms with Crippen molar-refractivity contribution in [3.63, 3.8) is 0 Å². The Labute approximate surface area is 143 Å². The van der Waals surface area contributed by atoms with E-state index in [1.54, 1.807) is 0 Å². The fourth-order valence-corrected chi connectivity index (χ4v) is 2.22. The Hall–Kier alpha value is -3.23. The minimum atomic E-state index is -0.587. The molecule has 132 valence electrons. The molecule has 0 saturated heterocycles. The maximum Gasteiger partial charge on any atom is 0.311 e. The van der Waals surface area contributed by atoms with Crippen LogP contribution in [-0.4, -0.2) is 28.5 Å². The second-order valence-corrected chi connectivity index (χ2v) is 5.20. The van der Waals surface area contributed by atoms with Gasteiger partial charge >= 0.3 is 5.69 Å². The van der Waals surface area contributed by atoms with Gasteiger partial charge in [-0.2, -0.15) is 0 Å². The SMILES string of the molecule is C=C(CCCNc1ccc([N+](=O)[O-])c(N)n1)c1cc(F)cnc1OC. The average Bonchev–Trinajstić information content (AvgIpc) is 2.58. The Morgan fingerprint density at radius 1 is 1.52 bits per heavy atom. The van der Waals surface area contributed by atoms with Crippen LogP contribution in [0.5, 0.6) is 5.88 Å². The van der Waals surface area contributed by atoms with Crippen LogP contribution in [0.25, 0.3) is 5.57 Å². The topological polar surface area (TPSA) is 116 Å². The summed E-state index contributed by atoms with van der Waals surface area (Å²) in [7, 11) is 1.46. The lowest BCUT2D eigenvalue weighted by molar-refractivity contribution is -0.384. The summed E-state index contributed by atoms with van der Waals surface area (Å²) in [4.78, 5) is 17.9. The fourth-order valence-electron chi connectivity index (χ4n) is 2.22. The zero-order valence-corrected chi connectivity index (χ0v) is 13.7. The van der Waals surface area contributed by atoms with E-state index in [2.05, 4.69) is 21.9 Å². The molecule has 0 amide bonds. The second kappa shape index (κ2) is 8.04. The molecule has 0 aromatic carbocycles. The molecule has 0 aliphatic heterocycles. The van der Waals surface area contributed by atoms with Gasteiger partial charge in [0.1, 0.15) is 11.6 Å². The normalized spacial score (nSPS) is 10.3. The van der Waals surface area contributed by atoms with Gasteiger partial charge in [-0.3, -0.25) is 10.1 Å². The zero-order chi connectivity index (χ0) is 18.4. The van der Waals surface area contributed by atoms with Gasteiger partial charge in [0.05, 0.1) is 18.2 Å². The van der Waals surface area contributed by atoms with Crippen molar-refractivity contribution < 1.29 is 14.1 Å². The van der Waals surface area contributed by atoms with E-state index >= 15 is 0 Å². The molecule has 2 aromatic rings. The molecular weight excluding hydrogens is 329 g/mol. The van der Waals surface area contributed by atoms with Crippen LogP contribution in [0.3, 0.4) is 0 Å². The van der Waals surface area contributed by atoms with Crippen LogP contribution in [0.1, 0.15) is 18.4 Å². The number of nitro groups is 1. The van der Waals surface area contributed by atoms with E-state index < -0.39 is 10.7 Å². The lowest BCUT2D eigenvalue weighted by atomic mass is 10.0. The molecule has 0 aliphatic carbocycles. The maximum absolute atomic E-state index is 13.3. The quantitative estimate of drug-likeness (QED) is 0.428. The zero-order valence-electron chi connectivity index (χ0n) is 13.7. The van der Waals surface area contributed by atoms with Gasteiger partial charge in [0.2, 0.25) is 11.7 Å². The Morgan fingerprint density at radius 2 is 2.28 bits per heavy atom. The number of pyridine rings is 2. The number of nitrogens with two attached hydrogens (primary N) is 1. The number of aromatic nitrogens is 2. The number of nitrogen functional groups attached to an aromatic ring is 1. The van der Waals surface area contributed by atoms with Crippen LogP contribution >= 0.6 is 0 Å². The Morgan fingerprint density at radius 3 is 2.92 bits per heavy atom. The summed E-state index contributed by atoms with van der Waals surface area (Å²) < 4.78 is 18.4. The third kappa shape index (κ3) is 4.63. The minimum absolute atomic E-state index is 0.144. The predicted molar refractivity (Wildman–Crippen MR) is 92.8 cm³/mol. The number of halogens is 1. The molecule has 2 rings (SSSR count). The highest BCUT2D eigenvalue weighted by Crippen LogP contribution is 2.26. The lowest BCUT2D eigenvalue weighted by Gasteiger charge is -2.11. The third-order valence-corrected chi connectivity index (χ3v) is 3.45. The summed E-state index contributed by atoms with van der Waals surface area (Å²) in [5.41, 5.74) is 6.53. The minimum Gasteiger partial charge on any atom is -0.481 e. The number of nitrogens with zero attached hydrogens (tertiary/aromatic N) is 3. The van der Waals surface area contributed by atoms with Crippen LogP contribution in [0.2, 0.25) is 0 Å². The summed E-state index contributed by atoms with van der Waals surface area (Å²) in [5, 5.41) is 13.7. The van der Waals surface area contributed by atoms with Crippen molar-refractivity contribution in [3.05, 3.63) is 52.5 Å². The summed E-state index contributed by atoms with van der Waals surface area (Å²) >= 11 is 0. The average molecular weight is 347 g/mol. The van der Waals surface area contributed by atoms with Gasteiger partial charge in [0.25, 0.3) is 0 Å². The molecule has 2 aromatic heterocycles. The van der Waals surface area contributed by atoms with Crippen LogP contribution in [0.4, 0.5) is 21.7 Å². The smallest absolute Gasteiger partial charge is 0.311 e. The van der Waals surface area contributed by atoms with Crippen LogP contribution in [0, 0.1) is 15.9 Å². The number of ether oxygens (including phenoxy) is 1. The Balaban J connectivity index is 1.89. The highest BCUT2D eigenvalue weighted by Gasteiger charge is 2.13. The number of anilines is 2. The summed E-state index contributed by atoms with van der Waals surface area (Å²) in [6.07, 6.45) is 2.34. The molecule has 0 unspecified atom stereocenters. The second-order valence-electron chi connectivity index (χ2n) is 5.20. The summed E-state index contributed by atoms with van der Waals surface area (Å²) in [5.74, 6) is 0.165. The maximum atomic E-state index is 13.3. The van der Waals surface area contributed by atoms with Crippen molar-refractivity contribution in [1.82, 2.24) is 9.97 Å². The van der Waals surface area contributed by atoms with Crippen molar-refractivity contribution in [2.45, 2.75) is 12.8 Å². The number of methoxy groups -OCH3 is 1. The first-order valence-electron chi connectivity index (χ1n) is 7.45. The predicted octanol–water partition coefficient (Wildman–Crippen LogP) is 3.02. The molecule has 0 spiro atoms. The molecule has 0 radical (unpaired) electrons.